The Hall–Kier alpha value is -0.610. The fourth-order valence-electron chi connectivity index (χ4n) is 1.54. The molecule has 0 atom stereocenters. The Morgan fingerprint density at radius 2 is 1.68 bits per heavy atom. The minimum atomic E-state index is 0.215. The largest absolute Gasteiger partial charge is 0.508 e. The van der Waals surface area contributed by atoms with Gasteiger partial charge >= 0.3 is 0 Å². The number of phenols is 1. The summed E-state index contributed by atoms with van der Waals surface area (Å²) >= 11 is 21.2. The molecule has 0 heterocycles. The van der Waals surface area contributed by atoms with Crippen LogP contribution in [0.15, 0.2) is 34.8 Å². The van der Waals surface area contributed by atoms with Crippen molar-refractivity contribution in [3.63, 3.8) is 0 Å². The Morgan fingerprint density at radius 1 is 1.00 bits per heavy atom. The maximum Gasteiger partial charge on any atom is 0.120 e. The second-order valence-electron chi connectivity index (χ2n) is 3.87. The van der Waals surface area contributed by atoms with Gasteiger partial charge in [-0.1, -0.05) is 50.7 Å². The van der Waals surface area contributed by atoms with Crippen LogP contribution in [0, 0.1) is 0 Å². The molecule has 0 amide bonds. The summed E-state index contributed by atoms with van der Waals surface area (Å²) in [5.74, 6) is 0.215. The monoisotopic (exact) mass is 379 g/mol. The molecule has 0 bridgehead atoms. The van der Waals surface area contributed by atoms with Crippen LogP contribution >= 0.6 is 50.7 Å². The van der Waals surface area contributed by atoms with Crippen LogP contribution in [0.5, 0.6) is 5.75 Å². The van der Waals surface area contributed by atoms with E-state index in [-0.39, 0.29) is 5.75 Å². The third kappa shape index (κ3) is 3.69. The fraction of sp³-hybridized carbons (Fsp3) is 0.0769. The molecule has 0 aliphatic rings. The summed E-state index contributed by atoms with van der Waals surface area (Å²) < 4.78 is 0.891. The summed E-state index contributed by atoms with van der Waals surface area (Å²) in [6.45, 7) is 0.420. The first-order valence-corrected chi connectivity index (χ1v) is 7.26. The molecule has 0 saturated heterocycles. The molecule has 0 aliphatic heterocycles. The Labute approximate surface area is 134 Å². The highest BCUT2D eigenvalue weighted by atomic mass is 79.9. The first-order chi connectivity index (χ1) is 8.97. The zero-order valence-corrected chi connectivity index (χ0v) is 13.4. The number of anilines is 1. The van der Waals surface area contributed by atoms with Crippen LogP contribution in [0.2, 0.25) is 15.1 Å². The highest BCUT2D eigenvalue weighted by Gasteiger charge is 2.07. The van der Waals surface area contributed by atoms with E-state index in [9.17, 15) is 5.11 Å². The summed E-state index contributed by atoms with van der Waals surface area (Å²) in [6.07, 6.45) is 0. The van der Waals surface area contributed by atoms with Crippen LogP contribution in [0.4, 0.5) is 5.69 Å². The third-order valence-electron chi connectivity index (χ3n) is 2.52. The molecule has 0 fully saturated rings. The highest BCUT2D eigenvalue weighted by Crippen LogP contribution is 2.33. The van der Waals surface area contributed by atoms with E-state index in [4.69, 9.17) is 34.8 Å². The Balaban J connectivity index is 2.19. The van der Waals surface area contributed by atoms with E-state index in [1.165, 1.54) is 0 Å². The summed E-state index contributed by atoms with van der Waals surface area (Å²) in [5, 5.41) is 14.2. The molecule has 0 spiro atoms. The number of hydrogen-bond acceptors (Lipinski definition) is 2. The molecule has 0 saturated carbocycles. The lowest BCUT2D eigenvalue weighted by Gasteiger charge is -2.11. The molecular weight excluding hydrogens is 372 g/mol. The van der Waals surface area contributed by atoms with Crippen LogP contribution in [0.1, 0.15) is 5.56 Å². The van der Waals surface area contributed by atoms with Crippen molar-refractivity contribution in [3.05, 3.63) is 55.4 Å². The van der Waals surface area contributed by atoms with Crippen LogP contribution in [0.3, 0.4) is 0 Å². The minimum Gasteiger partial charge on any atom is -0.508 e. The Kier molecular flexibility index (Phi) is 4.85. The van der Waals surface area contributed by atoms with Crippen molar-refractivity contribution < 1.29 is 5.11 Å². The van der Waals surface area contributed by atoms with Gasteiger partial charge in [-0.15, -0.1) is 0 Å². The van der Waals surface area contributed by atoms with Gasteiger partial charge in [-0.2, -0.15) is 0 Å². The lowest BCUT2D eigenvalue weighted by molar-refractivity contribution is 0.469. The summed E-state index contributed by atoms with van der Waals surface area (Å²) in [5.41, 5.74) is 1.41. The van der Waals surface area contributed by atoms with Gasteiger partial charge in [0.05, 0.1) is 20.8 Å². The second kappa shape index (κ2) is 6.23. The molecule has 2 aromatic carbocycles. The fourth-order valence-corrected chi connectivity index (χ4v) is 2.57. The van der Waals surface area contributed by atoms with Gasteiger partial charge in [-0.25, -0.2) is 0 Å². The van der Waals surface area contributed by atoms with E-state index in [2.05, 4.69) is 21.2 Å². The van der Waals surface area contributed by atoms with Gasteiger partial charge < -0.3 is 10.4 Å². The van der Waals surface area contributed by atoms with E-state index >= 15 is 0 Å². The van der Waals surface area contributed by atoms with E-state index in [0.29, 0.717) is 27.3 Å². The molecule has 0 unspecified atom stereocenters. The van der Waals surface area contributed by atoms with E-state index in [0.717, 1.165) is 10.0 Å². The number of phenolic OH excluding ortho intramolecular Hbond substituents is 1. The maximum atomic E-state index is 9.74. The number of benzene rings is 2. The molecule has 2 nitrogen and oxygen atoms in total. The van der Waals surface area contributed by atoms with Crippen LogP contribution < -0.4 is 5.32 Å². The average molecular weight is 381 g/mol. The van der Waals surface area contributed by atoms with Crippen LogP contribution in [-0.4, -0.2) is 5.11 Å². The third-order valence-corrected chi connectivity index (χ3v) is 4.05. The molecule has 0 radical (unpaired) electrons. The standard InChI is InChI=1S/C13H9BrCl3NO/c14-8-1-2-13(19)7(3-8)6-18-12-5-10(16)9(15)4-11(12)17/h1-5,18-19H,6H2. The van der Waals surface area contributed by atoms with Crippen LogP contribution in [-0.2, 0) is 6.54 Å². The molecule has 100 valence electrons. The molecule has 19 heavy (non-hydrogen) atoms. The smallest absolute Gasteiger partial charge is 0.120 e. The van der Waals surface area contributed by atoms with Crippen LogP contribution in [0.25, 0.3) is 0 Å². The van der Waals surface area contributed by atoms with Gasteiger partial charge in [0.1, 0.15) is 5.75 Å². The predicted octanol–water partition coefficient (Wildman–Crippen LogP) is 5.73. The van der Waals surface area contributed by atoms with Gasteiger partial charge in [-0.3, -0.25) is 0 Å². The predicted molar refractivity (Wildman–Crippen MR) is 84.6 cm³/mol. The number of aromatic hydroxyl groups is 1. The van der Waals surface area contributed by atoms with Crippen molar-refractivity contribution in [2.75, 3.05) is 5.32 Å². The van der Waals surface area contributed by atoms with Crippen molar-refractivity contribution in [3.8, 4) is 5.75 Å². The molecule has 0 aliphatic carbocycles. The second-order valence-corrected chi connectivity index (χ2v) is 6.01. The highest BCUT2D eigenvalue weighted by molar-refractivity contribution is 9.10. The van der Waals surface area contributed by atoms with Crippen molar-refractivity contribution in [2.45, 2.75) is 6.54 Å². The van der Waals surface area contributed by atoms with Crippen molar-refractivity contribution in [2.24, 2.45) is 0 Å². The summed E-state index contributed by atoms with van der Waals surface area (Å²) in [4.78, 5) is 0. The molecule has 2 N–H and O–H groups in total. The normalized spacial score (nSPS) is 10.5. The summed E-state index contributed by atoms with van der Waals surface area (Å²) in [6, 6.07) is 8.45. The zero-order valence-electron chi connectivity index (χ0n) is 9.55. The van der Waals surface area contributed by atoms with Crippen molar-refractivity contribution in [1.82, 2.24) is 0 Å². The number of hydrogen-bond donors (Lipinski definition) is 2. The lowest BCUT2D eigenvalue weighted by atomic mass is 10.2. The van der Waals surface area contributed by atoms with Gasteiger partial charge in [0.25, 0.3) is 0 Å². The summed E-state index contributed by atoms with van der Waals surface area (Å²) in [7, 11) is 0. The van der Waals surface area contributed by atoms with Gasteiger partial charge in [0, 0.05) is 16.6 Å². The SMILES string of the molecule is Oc1ccc(Br)cc1CNc1cc(Cl)c(Cl)cc1Cl. The van der Waals surface area contributed by atoms with Crippen molar-refractivity contribution >= 4 is 56.4 Å². The van der Waals surface area contributed by atoms with E-state index < -0.39 is 0 Å². The molecular formula is C13H9BrCl3NO. The molecule has 2 rings (SSSR count). The van der Waals surface area contributed by atoms with Gasteiger partial charge in [0.2, 0.25) is 0 Å². The average Bonchev–Trinajstić information content (AvgIpc) is 2.36. The minimum absolute atomic E-state index is 0.215. The first-order valence-electron chi connectivity index (χ1n) is 5.33. The number of halogens is 4. The first kappa shape index (κ1) is 14.8. The zero-order chi connectivity index (χ0) is 14.0. The quantitative estimate of drug-likeness (QED) is 0.666. The number of nitrogens with one attached hydrogen (secondary N) is 1. The molecule has 0 aromatic heterocycles. The Bertz CT molecular complexity index is 619. The van der Waals surface area contributed by atoms with E-state index in [1.807, 2.05) is 6.07 Å². The van der Waals surface area contributed by atoms with E-state index in [1.54, 1.807) is 24.3 Å². The van der Waals surface area contributed by atoms with Gasteiger partial charge in [-0.05, 0) is 30.3 Å². The maximum absolute atomic E-state index is 9.74. The number of rotatable bonds is 3. The Morgan fingerprint density at radius 3 is 2.42 bits per heavy atom. The molecule has 2 aromatic rings. The lowest BCUT2D eigenvalue weighted by Crippen LogP contribution is -2.00. The van der Waals surface area contributed by atoms with Crippen molar-refractivity contribution in [1.29, 1.82) is 0 Å². The van der Waals surface area contributed by atoms with Gasteiger partial charge in [0.15, 0.2) is 0 Å². The molecule has 6 heteroatoms. The topological polar surface area (TPSA) is 32.3 Å².